The largest absolute Gasteiger partial charge is 0.368 e. The van der Waals surface area contributed by atoms with Crippen molar-refractivity contribution >= 4 is 39.0 Å². The summed E-state index contributed by atoms with van der Waals surface area (Å²) < 4.78 is 28.3. The molecule has 7 nitrogen and oxygen atoms in total. The van der Waals surface area contributed by atoms with Gasteiger partial charge in [0.1, 0.15) is 4.90 Å². The molecule has 2 heterocycles. The first-order valence-electron chi connectivity index (χ1n) is 10.5. The Labute approximate surface area is 188 Å². The molecule has 0 unspecified atom stereocenters. The maximum Gasteiger partial charge on any atom is 0.338 e. The molecule has 0 radical (unpaired) electrons. The van der Waals surface area contributed by atoms with E-state index < -0.39 is 16.1 Å². The summed E-state index contributed by atoms with van der Waals surface area (Å²) >= 11 is 6.45. The number of carbonyl (C=O) groups excluding carboxylic acids is 1. The number of urea groups is 1. The van der Waals surface area contributed by atoms with Gasteiger partial charge in [-0.05, 0) is 31.2 Å². The summed E-state index contributed by atoms with van der Waals surface area (Å²) in [4.78, 5) is 19.3. The van der Waals surface area contributed by atoms with Crippen molar-refractivity contribution in [2.45, 2.75) is 24.8 Å². The molecule has 0 bridgehead atoms. The quantitative estimate of drug-likeness (QED) is 0.678. The zero-order valence-electron chi connectivity index (χ0n) is 17.8. The van der Waals surface area contributed by atoms with E-state index in [0.29, 0.717) is 35.9 Å². The smallest absolute Gasteiger partial charge is 0.338 e. The maximum absolute atomic E-state index is 13.6. The zero-order valence-corrected chi connectivity index (χ0v) is 19.4. The molecule has 1 saturated heterocycles. The summed E-state index contributed by atoms with van der Waals surface area (Å²) in [6, 6.07) is 12.3. The average molecular weight is 463 g/mol. The lowest BCUT2D eigenvalue weighted by Gasteiger charge is -2.40. The van der Waals surface area contributed by atoms with E-state index in [1.165, 1.54) is 4.90 Å². The SMILES string of the molecule is CCCN1C(=O)N(Cc2ccccc2)c2cc(Cl)cc(N3CCN(C)CC3)c2S1(=O)=O. The highest BCUT2D eigenvalue weighted by Crippen LogP contribution is 2.43. The Morgan fingerprint density at radius 3 is 2.29 bits per heavy atom. The molecule has 2 amide bonds. The Morgan fingerprint density at radius 1 is 1.00 bits per heavy atom. The van der Waals surface area contributed by atoms with Crippen LogP contribution in [-0.4, -0.2) is 63.4 Å². The number of carbonyl (C=O) groups is 1. The number of benzene rings is 2. The summed E-state index contributed by atoms with van der Waals surface area (Å²) in [7, 11) is -1.96. The fourth-order valence-electron chi connectivity index (χ4n) is 4.10. The van der Waals surface area contributed by atoms with Crippen molar-refractivity contribution in [3.05, 3.63) is 53.1 Å². The van der Waals surface area contributed by atoms with E-state index in [9.17, 15) is 13.2 Å². The van der Waals surface area contributed by atoms with Gasteiger partial charge in [-0.2, -0.15) is 0 Å². The number of likely N-dealkylation sites (N-methyl/N-ethyl adjacent to an activating group) is 1. The van der Waals surface area contributed by atoms with Gasteiger partial charge in [0, 0.05) is 37.7 Å². The summed E-state index contributed by atoms with van der Waals surface area (Å²) in [6.45, 7) is 5.31. The summed E-state index contributed by atoms with van der Waals surface area (Å²) in [5.41, 5.74) is 1.84. The number of anilines is 2. The van der Waals surface area contributed by atoms with Crippen LogP contribution in [0.1, 0.15) is 18.9 Å². The predicted molar refractivity (Wildman–Crippen MR) is 123 cm³/mol. The fourth-order valence-corrected chi connectivity index (χ4v) is 6.14. The number of amides is 2. The molecule has 2 aliphatic heterocycles. The van der Waals surface area contributed by atoms with Gasteiger partial charge in [-0.25, -0.2) is 17.5 Å². The molecular formula is C22H27ClN4O3S. The Balaban J connectivity index is 1.88. The van der Waals surface area contributed by atoms with Crippen LogP contribution in [0.2, 0.25) is 5.02 Å². The van der Waals surface area contributed by atoms with E-state index >= 15 is 0 Å². The van der Waals surface area contributed by atoms with Gasteiger partial charge in [0.25, 0.3) is 10.0 Å². The lowest BCUT2D eigenvalue weighted by molar-refractivity contribution is 0.227. The molecule has 4 rings (SSSR count). The van der Waals surface area contributed by atoms with Crippen molar-refractivity contribution in [1.29, 1.82) is 0 Å². The normalized spacial score (nSPS) is 18.9. The van der Waals surface area contributed by atoms with Gasteiger partial charge in [-0.15, -0.1) is 0 Å². The van der Waals surface area contributed by atoms with Crippen molar-refractivity contribution in [1.82, 2.24) is 9.21 Å². The van der Waals surface area contributed by atoms with E-state index in [4.69, 9.17) is 11.6 Å². The Hall–Kier alpha value is -2.29. The minimum atomic E-state index is -4.00. The monoisotopic (exact) mass is 462 g/mol. The van der Waals surface area contributed by atoms with Crippen molar-refractivity contribution < 1.29 is 13.2 Å². The first kappa shape index (κ1) is 21.9. The highest BCUT2D eigenvalue weighted by atomic mass is 35.5. The molecule has 1 fully saturated rings. The number of sulfonamides is 1. The van der Waals surface area contributed by atoms with Gasteiger partial charge >= 0.3 is 6.03 Å². The van der Waals surface area contributed by atoms with E-state index in [0.717, 1.165) is 23.0 Å². The minimum Gasteiger partial charge on any atom is -0.368 e. The van der Waals surface area contributed by atoms with Gasteiger partial charge in [0.2, 0.25) is 0 Å². The molecule has 0 spiro atoms. The number of fused-ring (bicyclic) bond motifs is 1. The minimum absolute atomic E-state index is 0.136. The van der Waals surface area contributed by atoms with E-state index in [2.05, 4.69) is 9.80 Å². The maximum atomic E-state index is 13.6. The molecule has 2 aliphatic rings. The van der Waals surface area contributed by atoms with Crippen LogP contribution in [0.15, 0.2) is 47.4 Å². The molecule has 0 aromatic heterocycles. The van der Waals surface area contributed by atoms with Crippen molar-refractivity contribution in [3.63, 3.8) is 0 Å². The predicted octanol–water partition coefficient (Wildman–Crippen LogP) is 3.63. The molecule has 0 saturated carbocycles. The first-order chi connectivity index (χ1) is 14.8. The number of piperazine rings is 1. The van der Waals surface area contributed by atoms with E-state index in [1.54, 1.807) is 12.1 Å². The molecular weight excluding hydrogens is 436 g/mol. The van der Waals surface area contributed by atoms with Crippen LogP contribution >= 0.6 is 11.6 Å². The summed E-state index contributed by atoms with van der Waals surface area (Å²) in [5, 5.41) is 0.415. The van der Waals surface area contributed by atoms with Crippen LogP contribution < -0.4 is 9.80 Å². The molecule has 0 atom stereocenters. The number of hydrogen-bond donors (Lipinski definition) is 0. The van der Waals surface area contributed by atoms with Gasteiger partial charge in [0.15, 0.2) is 0 Å². The third kappa shape index (κ3) is 4.12. The van der Waals surface area contributed by atoms with Crippen molar-refractivity contribution in [3.8, 4) is 0 Å². The lowest BCUT2D eigenvalue weighted by atomic mass is 10.1. The van der Waals surface area contributed by atoms with Crippen LogP contribution in [-0.2, 0) is 16.6 Å². The Morgan fingerprint density at radius 2 is 1.65 bits per heavy atom. The Bertz CT molecular complexity index is 1070. The zero-order chi connectivity index (χ0) is 22.2. The van der Waals surface area contributed by atoms with Crippen molar-refractivity contribution in [2.75, 3.05) is 49.6 Å². The van der Waals surface area contributed by atoms with Crippen LogP contribution in [0, 0.1) is 0 Å². The van der Waals surface area contributed by atoms with Gasteiger partial charge in [-0.3, -0.25) is 4.90 Å². The average Bonchev–Trinajstić information content (AvgIpc) is 2.75. The third-order valence-electron chi connectivity index (χ3n) is 5.75. The van der Waals surface area contributed by atoms with Gasteiger partial charge in [-0.1, -0.05) is 48.9 Å². The molecule has 0 aliphatic carbocycles. The third-order valence-corrected chi connectivity index (χ3v) is 7.82. The fraction of sp³-hybridized carbons (Fsp3) is 0.409. The highest BCUT2D eigenvalue weighted by molar-refractivity contribution is 7.90. The molecule has 2 aromatic carbocycles. The highest BCUT2D eigenvalue weighted by Gasteiger charge is 2.44. The Kier molecular flexibility index (Phi) is 6.14. The second-order valence-corrected chi connectivity index (χ2v) is 10.2. The molecule has 166 valence electrons. The lowest BCUT2D eigenvalue weighted by Crippen LogP contribution is -2.52. The van der Waals surface area contributed by atoms with Crippen molar-refractivity contribution in [2.24, 2.45) is 0 Å². The number of halogens is 1. The second kappa shape index (κ2) is 8.68. The van der Waals surface area contributed by atoms with Gasteiger partial charge in [0.05, 0.1) is 17.9 Å². The number of hydrogen-bond acceptors (Lipinski definition) is 5. The van der Waals surface area contributed by atoms with Gasteiger partial charge < -0.3 is 9.80 Å². The van der Waals surface area contributed by atoms with Crippen LogP contribution in [0.4, 0.5) is 16.2 Å². The number of nitrogens with zero attached hydrogens (tertiary/aromatic N) is 4. The summed E-state index contributed by atoms with van der Waals surface area (Å²) in [5.74, 6) is 0. The van der Waals surface area contributed by atoms with Crippen LogP contribution in [0.25, 0.3) is 0 Å². The molecule has 2 aromatic rings. The summed E-state index contributed by atoms with van der Waals surface area (Å²) in [6.07, 6.45) is 0.539. The molecule has 31 heavy (non-hydrogen) atoms. The van der Waals surface area contributed by atoms with Crippen LogP contribution in [0.5, 0.6) is 0 Å². The molecule has 0 N–H and O–H groups in total. The van der Waals surface area contributed by atoms with Crippen LogP contribution in [0.3, 0.4) is 0 Å². The second-order valence-electron chi connectivity index (χ2n) is 7.99. The topological polar surface area (TPSA) is 64.2 Å². The van der Waals surface area contributed by atoms with E-state index in [-0.39, 0.29) is 18.0 Å². The first-order valence-corrected chi connectivity index (χ1v) is 12.3. The molecule has 9 heteroatoms. The standard InChI is InChI=1S/C22H27ClN4O3S/c1-3-9-27-22(28)26(16-17-7-5-4-6-8-17)20-15-18(23)14-19(21(20)31(27,29)30)25-12-10-24(2)11-13-25/h4-8,14-15H,3,9-13,16H2,1-2H3. The van der Waals surface area contributed by atoms with E-state index in [1.807, 2.05) is 44.3 Å². The number of rotatable bonds is 5.